The summed E-state index contributed by atoms with van der Waals surface area (Å²) < 4.78 is 41.7. The smallest absolute Gasteiger partial charge is 0.244 e. The van der Waals surface area contributed by atoms with E-state index in [1.807, 2.05) is 30.3 Å². The average Bonchev–Trinajstić information content (AvgIpc) is 2.85. The number of halogens is 2. The summed E-state index contributed by atoms with van der Waals surface area (Å²) in [6, 6.07) is 20.7. The first-order valence-corrected chi connectivity index (χ1v) is 14.3. The van der Waals surface area contributed by atoms with Gasteiger partial charge in [0.15, 0.2) is 0 Å². The van der Waals surface area contributed by atoms with Crippen LogP contribution in [0, 0.1) is 5.82 Å². The van der Waals surface area contributed by atoms with Crippen molar-refractivity contribution in [1.82, 2.24) is 10.2 Å². The van der Waals surface area contributed by atoms with Crippen molar-refractivity contribution in [2.75, 3.05) is 23.7 Å². The predicted molar refractivity (Wildman–Crippen MR) is 146 cm³/mol. The minimum atomic E-state index is -3.87. The van der Waals surface area contributed by atoms with Crippen molar-refractivity contribution in [2.24, 2.45) is 0 Å². The molecule has 0 saturated heterocycles. The van der Waals surface area contributed by atoms with Crippen molar-refractivity contribution in [3.63, 3.8) is 0 Å². The minimum Gasteiger partial charge on any atom is -0.355 e. The number of nitrogens with one attached hydrogen (secondary N) is 1. The van der Waals surface area contributed by atoms with Gasteiger partial charge in [-0.3, -0.25) is 13.9 Å². The molecular formula is C27H29BrFN3O4S. The summed E-state index contributed by atoms with van der Waals surface area (Å²) >= 11 is 3.33. The van der Waals surface area contributed by atoms with Gasteiger partial charge in [0.1, 0.15) is 18.4 Å². The Balaban J connectivity index is 2.05. The summed E-state index contributed by atoms with van der Waals surface area (Å²) in [7, 11) is -3.87. The van der Waals surface area contributed by atoms with Crippen molar-refractivity contribution in [3.05, 3.63) is 100 Å². The van der Waals surface area contributed by atoms with Crippen LogP contribution in [0.3, 0.4) is 0 Å². The van der Waals surface area contributed by atoms with E-state index < -0.39 is 40.2 Å². The summed E-state index contributed by atoms with van der Waals surface area (Å²) in [5.41, 5.74) is 1.30. The Morgan fingerprint density at radius 1 is 1.00 bits per heavy atom. The molecule has 0 bridgehead atoms. The molecule has 0 aliphatic heterocycles. The highest BCUT2D eigenvalue weighted by atomic mass is 79.9. The SMILES string of the molecule is CCNC(=O)[C@H](Cc1ccccc1)N(Cc1ccccc1F)C(=O)CN(c1cccc(Br)c1)S(C)(=O)=O. The molecule has 0 radical (unpaired) electrons. The summed E-state index contributed by atoms with van der Waals surface area (Å²) in [5, 5.41) is 2.76. The molecule has 7 nitrogen and oxygen atoms in total. The standard InChI is InChI=1S/C27H29BrFN3O4S/c1-3-30-27(34)25(16-20-10-5-4-6-11-20)31(18-21-12-7-8-15-24(21)29)26(33)19-32(37(2,35)36)23-14-9-13-22(28)17-23/h4-15,17,25H,3,16,18-19H2,1-2H3,(H,30,34)/t25-/m0/s1. The van der Waals surface area contributed by atoms with Gasteiger partial charge in [-0.1, -0.05) is 70.5 Å². The van der Waals surface area contributed by atoms with E-state index in [9.17, 15) is 22.4 Å². The van der Waals surface area contributed by atoms with Gasteiger partial charge in [-0.15, -0.1) is 0 Å². The van der Waals surface area contributed by atoms with Crippen LogP contribution in [0.5, 0.6) is 0 Å². The Bertz CT molecular complexity index is 1340. The third-order valence-electron chi connectivity index (χ3n) is 5.70. The van der Waals surface area contributed by atoms with E-state index in [-0.39, 0.29) is 24.2 Å². The highest BCUT2D eigenvalue weighted by Crippen LogP contribution is 2.23. The van der Waals surface area contributed by atoms with Gasteiger partial charge in [0.25, 0.3) is 0 Å². The van der Waals surface area contributed by atoms with E-state index in [1.165, 1.54) is 23.1 Å². The number of likely N-dealkylation sites (N-methyl/N-ethyl adjacent to an activating group) is 1. The molecule has 3 aromatic rings. The Hall–Kier alpha value is -3.24. The molecule has 0 fully saturated rings. The number of hydrogen-bond donors (Lipinski definition) is 1. The first kappa shape index (κ1) is 28.3. The lowest BCUT2D eigenvalue weighted by Crippen LogP contribution is -2.53. The zero-order valence-electron chi connectivity index (χ0n) is 20.6. The number of amides is 2. The highest BCUT2D eigenvalue weighted by molar-refractivity contribution is 9.10. The number of rotatable bonds is 11. The Morgan fingerprint density at radius 3 is 2.30 bits per heavy atom. The number of hydrogen-bond acceptors (Lipinski definition) is 4. The average molecular weight is 591 g/mol. The number of anilines is 1. The predicted octanol–water partition coefficient (Wildman–Crippen LogP) is 4.13. The molecule has 0 heterocycles. The maximum absolute atomic E-state index is 14.7. The molecule has 0 aromatic heterocycles. The number of sulfonamides is 1. The number of nitrogens with zero attached hydrogens (tertiary/aromatic N) is 2. The fourth-order valence-corrected chi connectivity index (χ4v) is 5.13. The van der Waals surface area contributed by atoms with Crippen LogP contribution < -0.4 is 9.62 Å². The summed E-state index contributed by atoms with van der Waals surface area (Å²) in [5.74, 6) is -1.58. The minimum absolute atomic E-state index is 0.169. The molecule has 3 aromatic carbocycles. The molecular weight excluding hydrogens is 561 g/mol. The van der Waals surface area contributed by atoms with Crippen LogP contribution in [-0.4, -0.2) is 50.5 Å². The Kier molecular flexibility index (Phi) is 9.82. The van der Waals surface area contributed by atoms with Gasteiger partial charge < -0.3 is 10.2 Å². The van der Waals surface area contributed by atoms with Crippen molar-refractivity contribution in [3.8, 4) is 0 Å². The maximum atomic E-state index is 14.7. The molecule has 0 saturated carbocycles. The lowest BCUT2D eigenvalue weighted by Gasteiger charge is -2.33. The monoisotopic (exact) mass is 589 g/mol. The second-order valence-corrected chi connectivity index (χ2v) is 11.3. The van der Waals surface area contributed by atoms with E-state index in [0.717, 1.165) is 16.1 Å². The van der Waals surface area contributed by atoms with Crippen molar-refractivity contribution in [2.45, 2.75) is 25.9 Å². The van der Waals surface area contributed by atoms with Gasteiger partial charge in [-0.25, -0.2) is 12.8 Å². The van der Waals surface area contributed by atoms with Gasteiger partial charge in [-0.05, 0) is 36.8 Å². The number of benzene rings is 3. The number of carbonyl (C=O) groups excluding carboxylic acids is 2. The van der Waals surface area contributed by atoms with Crippen molar-refractivity contribution >= 4 is 43.5 Å². The van der Waals surface area contributed by atoms with Gasteiger partial charge in [-0.2, -0.15) is 0 Å². The van der Waals surface area contributed by atoms with Gasteiger partial charge in [0.2, 0.25) is 21.8 Å². The molecule has 10 heteroatoms. The van der Waals surface area contributed by atoms with E-state index in [0.29, 0.717) is 11.0 Å². The Morgan fingerprint density at radius 2 is 1.68 bits per heavy atom. The van der Waals surface area contributed by atoms with Crippen molar-refractivity contribution in [1.29, 1.82) is 0 Å². The highest BCUT2D eigenvalue weighted by Gasteiger charge is 2.33. The summed E-state index contributed by atoms with van der Waals surface area (Å²) in [6.45, 7) is 1.32. The lowest BCUT2D eigenvalue weighted by atomic mass is 10.0. The van der Waals surface area contributed by atoms with Gasteiger partial charge in [0, 0.05) is 29.5 Å². The van der Waals surface area contributed by atoms with E-state index in [4.69, 9.17) is 0 Å². The Labute approximate surface area is 225 Å². The first-order valence-electron chi connectivity index (χ1n) is 11.7. The van der Waals surface area contributed by atoms with E-state index in [2.05, 4.69) is 21.2 Å². The van der Waals surface area contributed by atoms with Crippen LogP contribution in [0.15, 0.2) is 83.3 Å². The molecule has 0 unspecified atom stereocenters. The number of carbonyl (C=O) groups is 2. The van der Waals surface area contributed by atoms with E-state index in [1.54, 1.807) is 37.3 Å². The van der Waals surface area contributed by atoms with Gasteiger partial charge >= 0.3 is 0 Å². The van der Waals surface area contributed by atoms with Gasteiger partial charge in [0.05, 0.1) is 11.9 Å². The van der Waals surface area contributed by atoms with E-state index >= 15 is 0 Å². The molecule has 2 amide bonds. The maximum Gasteiger partial charge on any atom is 0.244 e. The molecule has 37 heavy (non-hydrogen) atoms. The van der Waals surface area contributed by atoms with Crippen LogP contribution in [0.4, 0.5) is 10.1 Å². The van der Waals surface area contributed by atoms with Crippen LogP contribution in [0.25, 0.3) is 0 Å². The molecule has 3 rings (SSSR count). The fourth-order valence-electron chi connectivity index (χ4n) is 3.90. The lowest BCUT2D eigenvalue weighted by molar-refractivity contribution is -0.140. The van der Waals surface area contributed by atoms with Crippen LogP contribution >= 0.6 is 15.9 Å². The second kappa shape index (κ2) is 12.8. The van der Waals surface area contributed by atoms with Crippen LogP contribution in [-0.2, 0) is 32.6 Å². The third kappa shape index (κ3) is 7.87. The zero-order chi connectivity index (χ0) is 27.0. The fraction of sp³-hybridized carbons (Fsp3) is 0.259. The second-order valence-electron chi connectivity index (χ2n) is 8.46. The molecule has 1 N–H and O–H groups in total. The molecule has 1 atom stereocenters. The largest absolute Gasteiger partial charge is 0.355 e. The molecule has 0 aliphatic rings. The topological polar surface area (TPSA) is 86.8 Å². The quantitative estimate of drug-likeness (QED) is 0.364. The molecule has 0 spiro atoms. The summed E-state index contributed by atoms with van der Waals surface area (Å²) in [4.78, 5) is 28.3. The van der Waals surface area contributed by atoms with Crippen molar-refractivity contribution < 1.29 is 22.4 Å². The third-order valence-corrected chi connectivity index (χ3v) is 7.33. The normalized spacial score (nSPS) is 12.0. The first-order chi connectivity index (χ1) is 17.6. The molecule has 0 aliphatic carbocycles. The molecule has 196 valence electrons. The summed E-state index contributed by atoms with van der Waals surface area (Å²) in [6.07, 6.45) is 1.18. The van der Waals surface area contributed by atoms with Crippen LogP contribution in [0.2, 0.25) is 0 Å². The zero-order valence-corrected chi connectivity index (χ0v) is 23.0. The van der Waals surface area contributed by atoms with Crippen LogP contribution in [0.1, 0.15) is 18.1 Å².